The van der Waals surface area contributed by atoms with Gasteiger partial charge in [0.15, 0.2) is 0 Å². The number of fused-ring (bicyclic) bond motifs is 1. The monoisotopic (exact) mass is 516 g/mol. The van der Waals surface area contributed by atoms with Crippen LogP contribution in [0.2, 0.25) is 0 Å². The number of thioether (sulfide) groups is 1. The van der Waals surface area contributed by atoms with E-state index in [4.69, 9.17) is 26.7 Å². The Balaban J connectivity index is 1.68. The number of amides is 1. The lowest BCUT2D eigenvalue weighted by Gasteiger charge is -2.32. The van der Waals surface area contributed by atoms with Gasteiger partial charge in [-0.2, -0.15) is 0 Å². The Morgan fingerprint density at radius 1 is 1.29 bits per heavy atom. The summed E-state index contributed by atoms with van der Waals surface area (Å²) in [5.41, 5.74) is 0.590. The first-order chi connectivity index (χ1) is 16.9. The van der Waals surface area contributed by atoms with E-state index in [-0.39, 0.29) is 23.4 Å². The molecule has 2 aromatic rings. The van der Waals surface area contributed by atoms with E-state index in [9.17, 15) is 14.4 Å². The van der Waals surface area contributed by atoms with E-state index in [1.54, 1.807) is 43.3 Å². The molecule has 2 aromatic heterocycles. The molecular weight excluding hydrogens is 488 g/mol. The molecule has 0 aliphatic carbocycles. The number of hydrogen-bond acceptors (Lipinski definition) is 9. The van der Waals surface area contributed by atoms with Crippen molar-refractivity contribution in [3.8, 4) is 0 Å². The van der Waals surface area contributed by atoms with Crippen LogP contribution in [0.1, 0.15) is 31.7 Å². The van der Waals surface area contributed by atoms with Gasteiger partial charge in [0.1, 0.15) is 15.8 Å². The van der Waals surface area contributed by atoms with Crippen molar-refractivity contribution in [3.63, 3.8) is 0 Å². The van der Waals surface area contributed by atoms with Gasteiger partial charge >= 0.3 is 5.97 Å². The lowest BCUT2D eigenvalue weighted by atomic mass is 9.96. The maximum atomic E-state index is 13.5. The van der Waals surface area contributed by atoms with Gasteiger partial charge in [-0.15, -0.1) is 0 Å². The van der Waals surface area contributed by atoms with E-state index in [0.29, 0.717) is 78.4 Å². The number of pyridine rings is 1. The predicted octanol–water partition coefficient (Wildman–Crippen LogP) is 2.71. The molecular formula is C24H28N4O5S2. The average molecular weight is 517 g/mol. The molecule has 2 aliphatic heterocycles. The third kappa shape index (κ3) is 5.41. The molecule has 35 heavy (non-hydrogen) atoms. The van der Waals surface area contributed by atoms with Crippen LogP contribution in [0.5, 0.6) is 0 Å². The van der Waals surface area contributed by atoms with Crippen molar-refractivity contribution in [1.82, 2.24) is 14.3 Å². The lowest BCUT2D eigenvalue weighted by Crippen LogP contribution is -2.39. The highest BCUT2D eigenvalue weighted by Crippen LogP contribution is 2.34. The van der Waals surface area contributed by atoms with E-state index in [0.717, 1.165) is 0 Å². The van der Waals surface area contributed by atoms with Crippen LogP contribution in [0.4, 0.5) is 5.82 Å². The number of piperidine rings is 1. The molecule has 2 aliphatic rings. The van der Waals surface area contributed by atoms with Crippen LogP contribution in [0.25, 0.3) is 11.7 Å². The van der Waals surface area contributed by atoms with Gasteiger partial charge in [-0.05, 0) is 44.4 Å². The number of methoxy groups -OCH3 is 1. The van der Waals surface area contributed by atoms with Crippen molar-refractivity contribution in [1.29, 1.82) is 0 Å². The Hall–Kier alpha value is -2.76. The second-order valence-corrected chi connectivity index (χ2v) is 9.95. The SMILES string of the molecule is CCOC(=O)C1CCN(c2nc3ccccn3c(=O)c2C=C2SC(=S)N(CCCOC)C2=O)CC1. The fourth-order valence-electron chi connectivity index (χ4n) is 4.24. The van der Waals surface area contributed by atoms with Gasteiger partial charge in [0.05, 0.1) is 23.0 Å². The van der Waals surface area contributed by atoms with Gasteiger partial charge < -0.3 is 14.4 Å². The third-order valence-corrected chi connectivity index (χ3v) is 7.42. The van der Waals surface area contributed by atoms with E-state index in [2.05, 4.69) is 0 Å². The first-order valence-corrected chi connectivity index (χ1v) is 12.8. The summed E-state index contributed by atoms with van der Waals surface area (Å²) in [5.74, 6) is -0.0654. The van der Waals surface area contributed by atoms with Crippen LogP contribution in [0.15, 0.2) is 34.1 Å². The largest absolute Gasteiger partial charge is 0.466 e. The third-order valence-electron chi connectivity index (χ3n) is 6.04. The van der Waals surface area contributed by atoms with Gasteiger partial charge in [-0.25, -0.2) is 4.98 Å². The topological polar surface area (TPSA) is 93.5 Å². The first kappa shape index (κ1) is 25.3. The fraction of sp³-hybridized carbons (Fsp3) is 0.458. The van der Waals surface area contributed by atoms with E-state index >= 15 is 0 Å². The van der Waals surface area contributed by atoms with E-state index < -0.39 is 0 Å². The molecule has 0 aromatic carbocycles. The van der Waals surface area contributed by atoms with Gasteiger partial charge in [-0.1, -0.05) is 30.0 Å². The Bertz CT molecular complexity index is 1220. The van der Waals surface area contributed by atoms with Gasteiger partial charge in [0, 0.05) is 39.5 Å². The Morgan fingerprint density at radius 3 is 2.77 bits per heavy atom. The number of ether oxygens (including phenoxy) is 2. The Labute approximate surface area is 213 Å². The van der Waals surface area contributed by atoms with Gasteiger partial charge in [-0.3, -0.25) is 23.7 Å². The molecule has 0 spiro atoms. The number of carbonyl (C=O) groups excluding carboxylic acids is 2. The number of carbonyl (C=O) groups is 2. The summed E-state index contributed by atoms with van der Waals surface area (Å²) in [6.07, 6.45) is 5.15. The van der Waals surface area contributed by atoms with Crippen LogP contribution < -0.4 is 10.5 Å². The van der Waals surface area contributed by atoms with Crippen molar-refractivity contribution in [2.24, 2.45) is 5.92 Å². The van der Waals surface area contributed by atoms with Gasteiger partial charge in [0.2, 0.25) is 0 Å². The molecule has 4 heterocycles. The van der Waals surface area contributed by atoms with Crippen LogP contribution in [-0.2, 0) is 19.1 Å². The molecule has 186 valence electrons. The summed E-state index contributed by atoms with van der Waals surface area (Å²) >= 11 is 6.61. The number of nitrogens with zero attached hydrogens (tertiary/aromatic N) is 4. The van der Waals surface area contributed by atoms with Gasteiger partial charge in [0.25, 0.3) is 11.5 Å². The summed E-state index contributed by atoms with van der Waals surface area (Å²) in [5, 5.41) is 0. The number of esters is 1. The van der Waals surface area contributed by atoms with Crippen molar-refractivity contribution in [3.05, 3.63) is 45.2 Å². The summed E-state index contributed by atoms with van der Waals surface area (Å²) < 4.78 is 12.2. The van der Waals surface area contributed by atoms with Crippen LogP contribution in [-0.4, -0.2) is 70.4 Å². The van der Waals surface area contributed by atoms with Crippen molar-refractivity contribution in [2.75, 3.05) is 44.9 Å². The van der Waals surface area contributed by atoms with Crippen LogP contribution in [0.3, 0.4) is 0 Å². The zero-order valence-electron chi connectivity index (χ0n) is 19.8. The minimum atomic E-state index is -0.261. The second-order valence-electron chi connectivity index (χ2n) is 8.28. The number of anilines is 1. The summed E-state index contributed by atoms with van der Waals surface area (Å²) in [6, 6.07) is 5.36. The van der Waals surface area contributed by atoms with E-state index in [1.807, 2.05) is 11.0 Å². The first-order valence-electron chi connectivity index (χ1n) is 11.6. The maximum absolute atomic E-state index is 13.5. The van der Waals surface area contributed by atoms with Crippen LogP contribution in [0, 0.1) is 5.92 Å². The quantitative estimate of drug-likeness (QED) is 0.227. The number of thiocarbonyl (C=S) groups is 1. The molecule has 0 atom stereocenters. The summed E-state index contributed by atoms with van der Waals surface area (Å²) in [7, 11) is 1.61. The molecule has 9 nitrogen and oxygen atoms in total. The van der Waals surface area contributed by atoms with Crippen molar-refractivity contribution < 1.29 is 19.1 Å². The molecule has 0 unspecified atom stereocenters. The zero-order chi connectivity index (χ0) is 24.9. The summed E-state index contributed by atoms with van der Waals surface area (Å²) in [6.45, 7) is 4.24. The smallest absolute Gasteiger partial charge is 0.309 e. The normalized spacial score (nSPS) is 18.2. The molecule has 0 radical (unpaired) electrons. The molecule has 1 amide bonds. The molecule has 2 saturated heterocycles. The number of hydrogen-bond donors (Lipinski definition) is 0. The standard InChI is InChI=1S/C24H28N4O5S2/c1-3-33-23(31)16-8-12-26(13-9-16)20-17(21(29)27-10-5-4-7-19(27)25-20)15-18-22(30)28(24(34)35-18)11-6-14-32-2/h4-5,7,10,15-16H,3,6,8-9,11-14H2,1-2H3. The summed E-state index contributed by atoms with van der Waals surface area (Å²) in [4.78, 5) is 47.5. The lowest BCUT2D eigenvalue weighted by molar-refractivity contribution is -0.148. The highest BCUT2D eigenvalue weighted by Gasteiger charge is 2.33. The Kier molecular flexibility index (Phi) is 8.19. The highest BCUT2D eigenvalue weighted by atomic mass is 32.2. The van der Waals surface area contributed by atoms with Crippen LogP contribution >= 0.6 is 24.0 Å². The number of rotatable bonds is 8. The highest BCUT2D eigenvalue weighted by molar-refractivity contribution is 8.26. The number of aromatic nitrogens is 2. The molecule has 11 heteroatoms. The molecule has 0 N–H and O–H groups in total. The predicted molar refractivity (Wildman–Crippen MR) is 139 cm³/mol. The van der Waals surface area contributed by atoms with Crippen molar-refractivity contribution >= 4 is 57.7 Å². The minimum absolute atomic E-state index is 0.167. The minimum Gasteiger partial charge on any atom is -0.466 e. The maximum Gasteiger partial charge on any atom is 0.309 e. The Morgan fingerprint density at radius 2 is 2.06 bits per heavy atom. The molecule has 2 fully saturated rings. The fourth-order valence-corrected chi connectivity index (χ4v) is 5.53. The molecule has 0 saturated carbocycles. The second kappa shape index (κ2) is 11.3. The zero-order valence-corrected chi connectivity index (χ0v) is 21.4. The van der Waals surface area contributed by atoms with E-state index in [1.165, 1.54) is 16.2 Å². The molecule has 4 rings (SSSR count). The molecule has 0 bridgehead atoms. The van der Waals surface area contributed by atoms with Crippen molar-refractivity contribution in [2.45, 2.75) is 26.2 Å². The average Bonchev–Trinajstić information content (AvgIpc) is 3.13.